The summed E-state index contributed by atoms with van der Waals surface area (Å²) >= 11 is 3.67. The van der Waals surface area contributed by atoms with E-state index < -0.39 is 0 Å². The van der Waals surface area contributed by atoms with Gasteiger partial charge >= 0.3 is 0 Å². The molecular formula is C17H24BrNO. The summed E-state index contributed by atoms with van der Waals surface area (Å²) in [6, 6.07) is 4.84. The minimum Gasteiger partial charge on any atom is -0.496 e. The maximum atomic E-state index is 5.65. The number of aryl methyl sites for hydroxylation is 1. The highest BCUT2D eigenvalue weighted by Crippen LogP contribution is 2.57. The van der Waals surface area contributed by atoms with E-state index in [1.54, 1.807) is 7.11 Å². The Balaban J connectivity index is 1.91. The van der Waals surface area contributed by atoms with Crippen LogP contribution in [0, 0.1) is 24.7 Å². The predicted molar refractivity (Wildman–Crippen MR) is 86.2 cm³/mol. The molecule has 3 atom stereocenters. The van der Waals surface area contributed by atoms with Crippen LogP contribution in [-0.2, 0) is 0 Å². The van der Waals surface area contributed by atoms with Crippen molar-refractivity contribution in [1.29, 1.82) is 0 Å². The van der Waals surface area contributed by atoms with E-state index in [1.807, 2.05) is 0 Å². The van der Waals surface area contributed by atoms with Gasteiger partial charge in [0.05, 0.1) is 7.11 Å². The van der Waals surface area contributed by atoms with Crippen LogP contribution in [0.5, 0.6) is 5.75 Å². The Kier molecular flexibility index (Phi) is 4.09. The van der Waals surface area contributed by atoms with Gasteiger partial charge in [0.2, 0.25) is 0 Å². The molecule has 2 fully saturated rings. The van der Waals surface area contributed by atoms with Crippen molar-refractivity contribution in [3.8, 4) is 5.75 Å². The molecule has 0 heterocycles. The summed E-state index contributed by atoms with van der Waals surface area (Å²) in [6.45, 7) is 5.31. The van der Waals surface area contributed by atoms with E-state index >= 15 is 0 Å². The predicted octanol–water partition coefficient (Wildman–Crippen LogP) is 4.46. The lowest BCUT2D eigenvalue weighted by atomic mass is 9.88. The molecule has 2 aliphatic carbocycles. The maximum Gasteiger partial charge on any atom is 0.123 e. The van der Waals surface area contributed by atoms with Crippen LogP contribution in [0.2, 0.25) is 0 Å². The molecule has 2 aliphatic rings. The smallest absolute Gasteiger partial charge is 0.123 e. The monoisotopic (exact) mass is 337 g/mol. The van der Waals surface area contributed by atoms with Gasteiger partial charge in [-0.1, -0.05) is 22.9 Å². The topological polar surface area (TPSA) is 21.3 Å². The fraction of sp³-hybridized carbons (Fsp3) is 0.647. The Morgan fingerprint density at radius 3 is 2.60 bits per heavy atom. The lowest BCUT2D eigenvalue weighted by molar-refractivity contribution is 0.330. The molecule has 1 aromatic rings. The first kappa shape index (κ1) is 14.4. The molecule has 20 heavy (non-hydrogen) atoms. The molecule has 110 valence electrons. The van der Waals surface area contributed by atoms with E-state index in [0.717, 1.165) is 30.0 Å². The molecule has 1 aromatic carbocycles. The highest BCUT2D eigenvalue weighted by Gasteiger charge is 2.48. The molecule has 3 heteroatoms. The highest BCUT2D eigenvalue weighted by atomic mass is 79.9. The van der Waals surface area contributed by atoms with Crippen LogP contribution in [0.1, 0.15) is 43.4 Å². The molecule has 0 radical (unpaired) electrons. The van der Waals surface area contributed by atoms with Gasteiger partial charge in [-0.3, -0.25) is 0 Å². The normalized spacial score (nSPS) is 29.1. The molecule has 0 aromatic heterocycles. The van der Waals surface area contributed by atoms with Crippen molar-refractivity contribution in [2.24, 2.45) is 17.8 Å². The van der Waals surface area contributed by atoms with Gasteiger partial charge in [-0.15, -0.1) is 0 Å². The summed E-state index contributed by atoms with van der Waals surface area (Å²) in [4.78, 5) is 0. The molecule has 2 nitrogen and oxygen atoms in total. The van der Waals surface area contributed by atoms with Crippen LogP contribution in [0.4, 0.5) is 0 Å². The SMILES string of the molecule is CCNC(c1cc(Br)c(C)cc1OC)C1CC2CC2C1. The average molecular weight is 338 g/mol. The molecule has 0 saturated heterocycles. The first-order valence-corrected chi connectivity index (χ1v) is 8.50. The number of ether oxygens (including phenoxy) is 1. The van der Waals surface area contributed by atoms with Crippen LogP contribution >= 0.6 is 15.9 Å². The third-order valence-corrected chi connectivity index (χ3v) is 5.88. The van der Waals surface area contributed by atoms with E-state index in [2.05, 4.69) is 47.2 Å². The first-order valence-electron chi connectivity index (χ1n) is 7.71. The Morgan fingerprint density at radius 2 is 2.00 bits per heavy atom. The molecular weight excluding hydrogens is 314 g/mol. The van der Waals surface area contributed by atoms with E-state index in [9.17, 15) is 0 Å². The number of halogens is 1. The van der Waals surface area contributed by atoms with E-state index in [1.165, 1.54) is 34.9 Å². The second kappa shape index (κ2) is 5.69. The summed E-state index contributed by atoms with van der Waals surface area (Å²) < 4.78 is 6.83. The van der Waals surface area contributed by atoms with Crippen LogP contribution in [0.3, 0.4) is 0 Å². The van der Waals surface area contributed by atoms with Gasteiger partial charge in [0.15, 0.2) is 0 Å². The minimum atomic E-state index is 0.430. The number of benzene rings is 1. The second-order valence-corrected chi connectivity index (χ2v) is 7.22. The molecule has 0 spiro atoms. The zero-order chi connectivity index (χ0) is 14.3. The van der Waals surface area contributed by atoms with Gasteiger partial charge in [-0.05, 0) is 68.2 Å². The summed E-state index contributed by atoms with van der Waals surface area (Å²) in [6.07, 6.45) is 4.25. The highest BCUT2D eigenvalue weighted by molar-refractivity contribution is 9.10. The summed E-state index contributed by atoms with van der Waals surface area (Å²) in [5, 5.41) is 3.70. The molecule has 3 rings (SSSR count). The van der Waals surface area contributed by atoms with Crippen molar-refractivity contribution in [3.05, 3.63) is 27.7 Å². The van der Waals surface area contributed by atoms with Crippen molar-refractivity contribution >= 4 is 15.9 Å². The van der Waals surface area contributed by atoms with Crippen molar-refractivity contribution in [1.82, 2.24) is 5.32 Å². The van der Waals surface area contributed by atoms with E-state index in [4.69, 9.17) is 4.74 Å². The number of fused-ring (bicyclic) bond motifs is 1. The van der Waals surface area contributed by atoms with Crippen LogP contribution in [-0.4, -0.2) is 13.7 Å². The Bertz CT molecular complexity index is 492. The fourth-order valence-electron chi connectivity index (χ4n) is 3.87. The molecule has 0 aliphatic heterocycles. The van der Waals surface area contributed by atoms with Gasteiger partial charge in [0.1, 0.15) is 5.75 Å². The quantitative estimate of drug-likeness (QED) is 0.856. The zero-order valence-corrected chi connectivity index (χ0v) is 14.2. The van der Waals surface area contributed by atoms with Crippen molar-refractivity contribution in [2.75, 3.05) is 13.7 Å². The lowest BCUT2D eigenvalue weighted by Gasteiger charge is -2.28. The third-order valence-electron chi connectivity index (χ3n) is 5.02. The number of rotatable bonds is 5. The minimum absolute atomic E-state index is 0.430. The first-order chi connectivity index (χ1) is 9.63. The molecule has 2 saturated carbocycles. The third kappa shape index (κ3) is 2.62. The summed E-state index contributed by atoms with van der Waals surface area (Å²) in [5.74, 6) is 3.82. The second-order valence-electron chi connectivity index (χ2n) is 6.37. The van der Waals surface area contributed by atoms with Gasteiger partial charge in [-0.25, -0.2) is 0 Å². The van der Waals surface area contributed by atoms with Gasteiger partial charge in [0, 0.05) is 16.1 Å². The number of nitrogens with one attached hydrogen (secondary N) is 1. The molecule has 0 bridgehead atoms. The van der Waals surface area contributed by atoms with Crippen LogP contribution in [0.15, 0.2) is 16.6 Å². The fourth-order valence-corrected chi connectivity index (χ4v) is 4.24. The number of methoxy groups -OCH3 is 1. The Morgan fingerprint density at radius 1 is 1.30 bits per heavy atom. The molecule has 0 amide bonds. The molecule has 1 N–H and O–H groups in total. The zero-order valence-electron chi connectivity index (χ0n) is 12.6. The maximum absolute atomic E-state index is 5.65. The van der Waals surface area contributed by atoms with Crippen LogP contribution in [0.25, 0.3) is 0 Å². The van der Waals surface area contributed by atoms with Crippen molar-refractivity contribution < 1.29 is 4.74 Å². The molecule has 3 unspecified atom stereocenters. The Hall–Kier alpha value is -0.540. The van der Waals surface area contributed by atoms with Crippen LogP contribution < -0.4 is 10.1 Å². The standard InChI is InChI=1S/C17H24BrNO/c1-4-19-17(13-7-11-6-12(11)8-13)14-9-15(18)10(2)5-16(14)20-3/h5,9,11-13,17,19H,4,6-8H2,1-3H3. The number of hydrogen-bond donors (Lipinski definition) is 1. The summed E-state index contributed by atoms with van der Waals surface area (Å²) in [5.41, 5.74) is 2.55. The Labute approximate surface area is 130 Å². The van der Waals surface area contributed by atoms with Crippen molar-refractivity contribution in [3.63, 3.8) is 0 Å². The van der Waals surface area contributed by atoms with E-state index in [0.29, 0.717) is 6.04 Å². The van der Waals surface area contributed by atoms with Gasteiger partial charge in [-0.2, -0.15) is 0 Å². The largest absolute Gasteiger partial charge is 0.496 e. The summed E-state index contributed by atoms with van der Waals surface area (Å²) in [7, 11) is 1.78. The van der Waals surface area contributed by atoms with Gasteiger partial charge in [0.25, 0.3) is 0 Å². The van der Waals surface area contributed by atoms with Crippen molar-refractivity contribution in [2.45, 2.75) is 39.2 Å². The van der Waals surface area contributed by atoms with E-state index in [-0.39, 0.29) is 0 Å². The average Bonchev–Trinajstić information content (AvgIpc) is 3.05. The van der Waals surface area contributed by atoms with Gasteiger partial charge < -0.3 is 10.1 Å². The lowest BCUT2D eigenvalue weighted by Crippen LogP contribution is -2.28. The number of hydrogen-bond acceptors (Lipinski definition) is 2.